The van der Waals surface area contributed by atoms with Crippen LogP contribution >= 0.6 is 0 Å². The highest BCUT2D eigenvalue weighted by Crippen LogP contribution is 2.31. The van der Waals surface area contributed by atoms with Crippen molar-refractivity contribution in [3.63, 3.8) is 0 Å². The Hall–Kier alpha value is -0.813. The molecule has 0 amide bonds. The van der Waals surface area contributed by atoms with Crippen LogP contribution in [0, 0.1) is 0 Å². The molecule has 0 aliphatic rings. The molecule has 1 rings (SSSR count). The van der Waals surface area contributed by atoms with Crippen molar-refractivity contribution in [1.29, 1.82) is 0 Å². The van der Waals surface area contributed by atoms with Gasteiger partial charge in [0, 0.05) is 0 Å². The fraction of sp³-hybridized carbons (Fsp3) is 0.684. The van der Waals surface area contributed by atoms with Gasteiger partial charge in [0.2, 0.25) is 0 Å². The Labute approximate surface area is 150 Å². The van der Waals surface area contributed by atoms with E-state index in [1.54, 1.807) is 0 Å². The third-order valence-electron chi connectivity index (χ3n) is 4.73. The average Bonchev–Trinajstić information content (AvgIpc) is 2.54. The molecular formula is C19H34O3SSi. The van der Waals surface area contributed by atoms with Crippen LogP contribution in [-0.2, 0) is 10.1 Å². The molecule has 0 saturated carbocycles. The third kappa shape index (κ3) is 6.59. The second kappa shape index (κ2) is 10.2. The van der Waals surface area contributed by atoms with Crippen LogP contribution in [0.15, 0.2) is 24.3 Å². The van der Waals surface area contributed by atoms with Crippen molar-refractivity contribution in [2.75, 3.05) is 6.26 Å². The average molecular weight is 371 g/mol. The van der Waals surface area contributed by atoms with Crippen LogP contribution in [0.4, 0.5) is 0 Å². The van der Waals surface area contributed by atoms with Crippen molar-refractivity contribution < 1.29 is 12.6 Å². The molecule has 5 heteroatoms. The highest BCUT2D eigenvalue weighted by atomic mass is 32.2. The molecule has 1 aromatic carbocycles. The van der Waals surface area contributed by atoms with Crippen LogP contribution in [-0.4, -0.2) is 22.7 Å². The largest absolute Gasteiger partial charge is 0.383 e. The molecule has 3 nitrogen and oxygen atoms in total. The van der Waals surface area contributed by atoms with E-state index < -0.39 is 18.2 Å². The van der Waals surface area contributed by atoms with Gasteiger partial charge < -0.3 is 4.18 Å². The molecule has 0 radical (unpaired) electrons. The third-order valence-corrected chi connectivity index (χ3v) is 10.7. The maximum Gasteiger partial charge on any atom is 0.306 e. The summed E-state index contributed by atoms with van der Waals surface area (Å²) in [6.07, 6.45) is 8.33. The van der Waals surface area contributed by atoms with Gasteiger partial charge in [-0.05, 0) is 11.3 Å². The van der Waals surface area contributed by atoms with Crippen molar-refractivity contribution >= 4 is 23.4 Å². The SMILES string of the molecule is CCCC[Si](CCCC)(CCCC)c1ccccc1OS(C)(=O)=O. The first-order chi connectivity index (χ1) is 11.4. The molecular weight excluding hydrogens is 336 g/mol. The lowest BCUT2D eigenvalue weighted by molar-refractivity contribution is 0.494. The summed E-state index contributed by atoms with van der Waals surface area (Å²) < 4.78 is 28.8. The van der Waals surface area contributed by atoms with Gasteiger partial charge in [-0.2, -0.15) is 8.42 Å². The molecule has 1 aromatic rings. The van der Waals surface area contributed by atoms with E-state index in [9.17, 15) is 8.42 Å². The van der Waals surface area contributed by atoms with E-state index in [2.05, 4.69) is 26.8 Å². The summed E-state index contributed by atoms with van der Waals surface area (Å²) in [5, 5.41) is 1.21. The van der Waals surface area contributed by atoms with Crippen molar-refractivity contribution in [3.8, 4) is 5.75 Å². The van der Waals surface area contributed by atoms with Gasteiger partial charge in [-0.3, -0.25) is 0 Å². The molecule has 24 heavy (non-hydrogen) atoms. The molecule has 0 fully saturated rings. The van der Waals surface area contributed by atoms with E-state index in [1.165, 1.54) is 61.8 Å². The number of hydrogen-bond donors (Lipinski definition) is 0. The van der Waals surface area contributed by atoms with Gasteiger partial charge in [0.05, 0.1) is 14.3 Å². The summed E-state index contributed by atoms with van der Waals surface area (Å²) in [7, 11) is -5.27. The Balaban J connectivity index is 3.33. The minimum Gasteiger partial charge on any atom is -0.383 e. The first-order valence-electron chi connectivity index (χ1n) is 9.37. The number of rotatable bonds is 12. The zero-order valence-electron chi connectivity index (χ0n) is 15.8. The lowest BCUT2D eigenvalue weighted by Crippen LogP contribution is -2.48. The summed E-state index contributed by atoms with van der Waals surface area (Å²) in [5.41, 5.74) is 0. The van der Waals surface area contributed by atoms with Crippen LogP contribution in [0.1, 0.15) is 59.3 Å². The van der Waals surface area contributed by atoms with Crippen molar-refractivity contribution in [2.45, 2.75) is 77.4 Å². The van der Waals surface area contributed by atoms with E-state index >= 15 is 0 Å². The Morgan fingerprint density at radius 3 is 1.75 bits per heavy atom. The van der Waals surface area contributed by atoms with Crippen LogP contribution in [0.3, 0.4) is 0 Å². The summed E-state index contributed by atoms with van der Waals surface area (Å²) >= 11 is 0. The lowest BCUT2D eigenvalue weighted by Gasteiger charge is -2.34. The maximum atomic E-state index is 11.7. The molecule has 0 aliphatic carbocycles. The number of hydrogen-bond acceptors (Lipinski definition) is 3. The van der Waals surface area contributed by atoms with Crippen molar-refractivity contribution in [1.82, 2.24) is 0 Å². The van der Waals surface area contributed by atoms with Crippen LogP contribution < -0.4 is 9.37 Å². The number of benzene rings is 1. The van der Waals surface area contributed by atoms with Crippen LogP contribution in [0.25, 0.3) is 0 Å². The normalized spacial score (nSPS) is 12.3. The highest BCUT2D eigenvalue weighted by molar-refractivity contribution is 7.86. The van der Waals surface area contributed by atoms with E-state index in [1.807, 2.05) is 18.2 Å². The standard InChI is InChI=1S/C19H34O3SSi/c1-5-8-15-24(16-9-6-2,17-10-7-3)19-14-12-11-13-18(19)22-23(4,20)21/h11-14H,5-10,15-17H2,1-4H3. The summed E-state index contributed by atoms with van der Waals surface area (Å²) in [5.74, 6) is 0.579. The minimum absolute atomic E-state index is 0.579. The lowest BCUT2D eigenvalue weighted by atomic mass is 10.3. The predicted octanol–water partition coefficient (Wildman–Crippen LogP) is 5.08. The molecule has 0 atom stereocenters. The fourth-order valence-electron chi connectivity index (χ4n) is 3.47. The van der Waals surface area contributed by atoms with Gasteiger partial charge in [-0.1, -0.05) is 95.6 Å². The van der Waals surface area contributed by atoms with E-state index in [-0.39, 0.29) is 0 Å². The topological polar surface area (TPSA) is 43.4 Å². The van der Waals surface area contributed by atoms with E-state index in [0.717, 1.165) is 6.26 Å². The number of unbranched alkanes of at least 4 members (excludes halogenated alkanes) is 3. The maximum absolute atomic E-state index is 11.7. The Morgan fingerprint density at radius 2 is 1.33 bits per heavy atom. The Kier molecular flexibility index (Phi) is 9.06. The summed E-state index contributed by atoms with van der Waals surface area (Å²) in [6.45, 7) is 6.70. The molecule has 0 bridgehead atoms. The zero-order chi connectivity index (χ0) is 18.1. The molecule has 0 saturated heterocycles. The molecule has 0 unspecified atom stereocenters. The van der Waals surface area contributed by atoms with Gasteiger partial charge in [-0.15, -0.1) is 0 Å². The van der Waals surface area contributed by atoms with Crippen molar-refractivity contribution in [3.05, 3.63) is 24.3 Å². The monoisotopic (exact) mass is 370 g/mol. The molecule has 0 aliphatic heterocycles. The second-order valence-electron chi connectivity index (χ2n) is 6.87. The quantitative estimate of drug-likeness (QED) is 0.380. The first kappa shape index (κ1) is 21.2. The van der Waals surface area contributed by atoms with Gasteiger partial charge in [0.25, 0.3) is 0 Å². The second-order valence-corrected chi connectivity index (χ2v) is 13.0. The minimum atomic E-state index is -3.50. The Bertz CT molecular complexity index is 562. The molecule has 138 valence electrons. The summed E-state index contributed by atoms with van der Waals surface area (Å²) in [6, 6.07) is 11.6. The molecule has 0 heterocycles. The van der Waals surface area contributed by atoms with Gasteiger partial charge in [0.1, 0.15) is 5.75 Å². The highest BCUT2D eigenvalue weighted by Gasteiger charge is 2.36. The molecule has 0 N–H and O–H groups in total. The summed E-state index contributed by atoms with van der Waals surface area (Å²) in [4.78, 5) is 0. The zero-order valence-corrected chi connectivity index (χ0v) is 17.6. The van der Waals surface area contributed by atoms with Gasteiger partial charge in [-0.25, -0.2) is 0 Å². The van der Waals surface area contributed by atoms with Crippen LogP contribution in [0.2, 0.25) is 18.1 Å². The van der Waals surface area contributed by atoms with E-state index in [4.69, 9.17) is 4.18 Å². The molecule has 0 spiro atoms. The van der Waals surface area contributed by atoms with E-state index in [0.29, 0.717) is 5.75 Å². The van der Waals surface area contributed by atoms with Gasteiger partial charge >= 0.3 is 10.1 Å². The fourth-order valence-corrected chi connectivity index (χ4v) is 9.77. The first-order valence-corrected chi connectivity index (χ1v) is 13.8. The smallest absolute Gasteiger partial charge is 0.306 e. The van der Waals surface area contributed by atoms with Gasteiger partial charge in [0.15, 0.2) is 0 Å². The predicted molar refractivity (Wildman–Crippen MR) is 106 cm³/mol. The van der Waals surface area contributed by atoms with Crippen LogP contribution in [0.5, 0.6) is 5.75 Å². The molecule has 0 aromatic heterocycles. The number of para-hydroxylation sites is 1. The Morgan fingerprint density at radius 1 is 0.875 bits per heavy atom. The van der Waals surface area contributed by atoms with Crippen molar-refractivity contribution in [2.24, 2.45) is 0 Å².